The first-order valence-electron chi connectivity index (χ1n) is 8.93. The van der Waals surface area contributed by atoms with Crippen LogP contribution in [0.25, 0.3) is 0 Å². The van der Waals surface area contributed by atoms with E-state index in [1.807, 2.05) is 18.7 Å². The lowest BCUT2D eigenvalue weighted by molar-refractivity contribution is -0.137. The number of hydrogen-bond acceptors (Lipinski definition) is 5. The van der Waals surface area contributed by atoms with Gasteiger partial charge in [-0.1, -0.05) is 38.7 Å². The van der Waals surface area contributed by atoms with Gasteiger partial charge in [0.2, 0.25) is 11.8 Å². The van der Waals surface area contributed by atoms with Gasteiger partial charge in [0.15, 0.2) is 0 Å². The van der Waals surface area contributed by atoms with Crippen LogP contribution in [0.3, 0.4) is 0 Å². The second-order valence-electron chi connectivity index (χ2n) is 7.22. The first kappa shape index (κ1) is 16.3. The van der Waals surface area contributed by atoms with Crippen molar-refractivity contribution >= 4 is 11.9 Å². The van der Waals surface area contributed by atoms with Crippen LogP contribution in [0.4, 0.5) is 6.01 Å². The molecule has 23 heavy (non-hydrogen) atoms. The Kier molecular flexibility index (Phi) is 4.87. The maximum Gasteiger partial charge on any atom is 0.318 e. The second kappa shape index (κ2) is 6.89. The van der Waals surface area contributed by atoms with Crippen molar-refractivity contribution in [1.82, 2.24) is 15.1 Å². The molecule has 1 atom stereocenters. The molecule has 6 nitrogen and oxygen atoms in total. The highest BCUT2D eigenvalue weighted by atomic mass is 16.4. The van der Waals surface area contributed by atoms with Crippen LogP contribution in [-0.2, 0) is 4.79 Å². The van der Waals surface area contributed by atoms with Gasteiger partial charge in [-0.25, -0.2) is 0 Å². The van der Waals surface area contributed by atoms with Crippen LogP contribution in [0.2, 0.25) is 0 Å². The van der Waals surface area contributed by atoms with Crippen molar-refractivity contribution in [1.29, 1.82) is 0 Å². The number of hydrogen-bond donors (Lipinski definition) is 0. The Bertz CT molecular complexity index is 528. The molecule has 1 amide bonds. The number of rotatable bonds is 4. The van der Waals surface area contributed by atoms with Gasteiger partial charge in [0, 0.05) is 38.0 Å². The van der Waals surface area contributed by atoms with Crippen LogP contribution >= 0.6 is 0 Å². The molecule has 2 heterocycles. The van der Waals surface area contributed by atoms with E-state index in [9.17, 15) is 4.79 Å². The highest BCUT2D eigenvalue weighted by molar-refractivity contribution is 5.79. The van der Waals surface area contributed by atoms with Crippen LogP contribution in [0, 0.1) is 11.8 Å². The molecular weight excluding hydrogens is 292 g/mol. The molecule has 1 saturated carbocycles. The van der Waals surface area contributed by atoms with Crippen LogP contribution < -0.4 is 4.90 Å². The van der Waals surface area contributed by atoms with Crippen molar-refractivity contribution in [3.05, 3.63) is 5.89 Å². The average molecular weight is 320 g/mol. The molecule has 0 N–H and O–H groups in total. The van der Waals surface area contributed by atoms with Gasteiger partial charge in [-0.2, -0.15) is 0 Å². The largest absolute Gasteiger partial charge is 0.408 e. The molecule has 128 valence electrons. The molecule has 1 unspecified atom stereocenters. The Morgan fingerprint density at radius 1 is 1.09 bits per heavy atom. The Balaban J connectivity index is 1.54. The fraction of sp³-hybridized carbons (Fsp3) is 0.824. The van der Waals surface area contributed by atoms with Crippen LogP contribution in [0.1, 0.15) is 58.3 Å². The monoisotopic (exact) mass is 320 g/mol. The van der Waals surface area contributed by atoms with E-state index in [0.29, 0.717) is 23.7 Å². The quantitative estimate of drug-likeness (QED) is 0.853. The topological polar surface area (TPSA) is 62.5 Å². The molecule has 0 bridgehead atoms. The Morgan fingerprint density at radius 3 is 2.30 bits per heavy atom. The summed E-state index contributed by atoms with van der Waals surface area (Å²) in [5, 5.41) is 8.22. The molecule has 6 heteroatoms. The summed E-state index contributed by atoms with van der Waals surface area (Å²) in [5.74, 6) is 2.00. The van der Waals surface area contributed by atoms with E-state index >= 15 is 0 Å². The van der Waals surface area contributed by atoms with Crippen LogP contribution in [0.15, 0.2) is 4.42 Å². The third kappa shape index (κ3) is 3.51. The fourth-order valence-electron chi connectivity index (χ4n) is 3.65. The zero-order valence-corrected chi connectivity index (χ0v) is 14.5. The molecule has 1 aromatic heterocycles. The third-order valence-corrected chi connectivity index (χ3v) is 5.28. The molecule has 1 aromatic rings. The number of amides is 1. The minimum atomic E-state index is 0.167. The van der Waals surface area contributed by atoms with E-state index in [1.165, 1.54) is 25.7 Å². The third-order valence-electron chi connectivity index (χ3n) is 5.28. The fourth-order valence-corrected chi connectivity index (χ4v) is 3.65. The number of carbonyl (C=O) groups excluding carboxylic acids is 1. The molecule has 0 radical (unpaired) electrons. The zero-order chi connectivity index (χ0) is 16.4. The summed E-state index contributed by atoms with van der Waals surface area (Å²) < 4.78 is 5.71. The molecule has 2 fully saturated rings. The lowest BCUT2D eigenvalue weighted by Crippen LogP contribution is -2.50. The summed E-state index contributed by atoms with van der Waals surface area (Å²) in [4.78, 5) is 16.8. The smallest absolute Gasteiger partial charge is 0.318 e. The zero-order valence-electron chi connectivity index (χ0n) is 14.5. The molecule has 0 spiro atoms. The van der Waals surface area contributed by atoms with Crippen LogP contribution in [0.5, 0.6) is 0 Å². The second-order valence-corrected chi connectivity index (χ2v) is 7.22. The minimum Gasteiger partial charge on any atom is -0.408 e. The molecule has 1 saturated heterocycles. The van der Waals surface area contributed by atoms with Crippen molar-refractivity contribution in [3.8, 4) is 0 Å². The maximum absolute atomic E-state index is 12.7. The highest BCUT2D eigenvalue weighted by Crippen LogP contribution is 2.32. The normalized spacial score (nSPS) is 21.2. The predicted octanol–water partition coefficient (Wildman–Crippen LogP) is 2.67. The summed E-state index contributed by atoms with van der Waals surface area (Å²) in [6.45, 7) is 9.21. The summed E-state index contributed by atoms with van der Waals surface area (Å²) in [7, 11) is 0. The number of carbonyl (C=O) groups is 1. The van der Waals surface area contributed by atoms with Gasteiger partial charge in [-0.05, 0) is 18.8 Å². The van der Waals surface area contributed by atoms with Gasteiger partial charge >= 0.3 is 6.01 Å². The Hall–Kier alpha value is -1.59. The number of nitrogens with zero attached hydrogens (tertiary/aromatic N) is 4. The molecule has 2 aliphatic rings. The lowest BCUT2D eigenvalue weighted by Gasteiger charge is -2.36. The van der Waals surface area contributed by atoms with Crippen molar-refractivity contribution in [2.75, 3.05) is 31.1 Å². The van der Waals surface area contributed by atoms with E-state index in [4.69, 9.17) is 4.42 Å². The maximum atomic E-state index is 12.7. The van der Waals surface area contributed by atoms with Gasteiger partial charge in [-0.15, -0.1) is 5.10 Å². The summed E-state index contributed by atoms with van der Waals surface area (Å²) in [5.41, 5.74) is 0. The number of anilines is 1. The van der Waals surface area contributed by atoms with E-state index in [1.54, 1.807) is 0 Å². The molecule has 1 aliphatic carbocycles. The standard InChI is InChI=1S/C17H28N4O2/c1-12(2)15-18-19-17(23-15)21-10-8-20(9-11-21)16(22)13(3)14-6-4-5-7-14/h12-14H,4-11H2,1-3H3. The van der Waals surface area contributed by atoms with Gasteiger partial charge in [0.1, 0.15) is 0 Å². The average Bonchev–Trinajstić information content (AvgIpc) is 3.25. The summed E-state index contributed by atoms with van der Waals surface area (Å²) in [6.07, 6.45) is 5.00. The first-order chi connectivity index (χ1) is 11.1. The molecular formula is C17H28N4O2. The Morgan fingerprint density at radius 2 is 1.74 bits per heavy atom. The summed E-state index contributed by atoms with van der Waals surface area (Å²) >= 11 is 0. The lowest BCUT2D eigenvalue weighted by atomic mass is 9.91. The Labute approximate surface area is 138 Å². The molecule has 3 rings (SSSR count). The van der Waals surface area contributed by atoms with Crippen molar-refractivity contribution < 1.29 is 9.21 Å². The SMILES string of the molecule is CC(C)c1nnc(N2CCN(C(=O)C(C)C3CCCC3)CC2)o1. The molecule has 0 aromatic carbocycles. The van der Waals surface area contributed by atoms with Crippen molar-refractivity contribution in [2.24, 2.45) is 11.8 Å². The van der Waals surface area contributed by atoms with E-state index < -0.39 is 0 Å². The highest BCUT2D eigenvalue weighted by Gasteiger charge is 2.32. The van der Waals surface area contributed by atoms with Gasteiger partial charge in [0.25, 0.3) is 0 Å². The van der Waals surface area contributed by atoms with Gasteiger partial charge in [-0.3, -0.25) is 4.79 Å². The number of piperazine rings is 1. The number of aromatic nitrogens is 2. The predicted molar refractivity (Wildman–Crippen MR) is 88.3 cm³/mol. The van der Waals surface area contributed by atoms with Gasteiger partial charge in [0.05, 0.1) is 0 Å². The minimum absolute atomic E-state index is 0.167. The van der Waals surface area contributed by atoms with Crippen LogP contribution in [-0.4, -0.2) is 47.2 Å². The van der Waals surface area contributed by atoms with Gasteiger partial charge < -0.3 is 14.2 Å². The first-order valence-corrected chi connectivity index (χ1v) is 8.93. The molecule has 1 aliphatic heterocycles. The summed E-state index contributed by atoms with van der Waals surface area (Å²) in [6, 6.07) is 0.588. The van der Waals surface area contributed by atoms with Crippen molar-refractivity contribution in [3.63, 3.8) is 0 Å². The van der Waals surface area contributed by atoms with E-state index in [0.717, 1.165) is 26.2 Å². The van der Waals surface area contributed by atoms with E-state index in [-0.39, 0.29) is 11.8 Å². The van der Waals surface area contributed by atoms with E-state index in [2.05, 4.69) is 22.0 Å². The van der Waals surface area contributed by atoms with Crippen molar-refractivity contribution in [2.45, 2.75) is 52.4 Å².